The fourth-order valence-electron chi connectivity index (χ4n) is 0.754. The zero-order chi connectivity index (χ0) is 8.20. The molecule has 0 aliphatic carbocycles. The minimum atomic E-state index is -0.750. The normalized spacial score (nSPS) is 16.3. The van der Waals surface area contributed by atoms with E-state index in [2.05, 4.69) is 0 Å². The molecule has 0 rings (SSSR count). The van der Waals surface area contributed by atoms with Gasteiger partial charge >= 0.3 is 5.97 Å². The van der Waals surface area contributed by atoms with Crippen LogP contribution < -0.4 is 5.73 Å². The lowest BCUT2D eigenvalue weighted by Gasteiger charge is -2.21. The third-order valence-electron chi connectivity index (χ3n) is 1.99. The van der Waals surface area contributed by atoms with Gasteiger partial charge in [0.25, 0.3) is 0 Å². The van der Waals surface area contributed by atoms with Crippen LogP contribution >= 0.6 is 0 Å². The predicted octanol–water partition coefficient (Wildman–Crippen LogP) is 0.836. The molecule has 3 nitrogen and oxygen atoms in total. The Morgan fingerprint density at radius 2 is 2.20 bits per heavy atom. The van der Waals surface area contributed by atoms with Gasteiger partial charge in [-0.25, -0.2) is 0 Å². The first-order chi connectivity index (χ1) is 4.56. The number of hydrogen-bond acceptors (Lipinski definition) is 2. The van der Waals surface area contributed by atoms with Crippen LogP contribution in [-0.4, -0.2) is 17.6 Å². The topological polar surface area (TPSA) is 63.3 Å². The Hall–Kier alpha value is -0.570. The number of rotatable bonds is 4. The summed E-state index contributed by atoms with van der Waals surface area (Å²) in [5, 5.41) is 8.71. The van der Waals surface area contributed by atoms with E-state index in [-0.39, 0.29) is 0 Å². The minimum Gasteiger partial charge on any atom is -0.481 e. The Kier molecular flexibility index (Phi) is 3.36. The molecular formula is C7H15NO2. The van der Waals surface area contributed by atoms with Crippen LogP contribution in [0, 0.1) is 5.41 Å². The van der Waals surface area contributed by atoms with Crippen LogP contribution in [0.4, 0.5) is 0 Å². The highest BCUT2D eigenvalue weighted by molar-refractivity contribution is 5.73. The van der Waals surface area contributed by atoms with Crippen molar-refractivity contribution < 1.29 is 9.90 Å². The summed E-state index contributed by atoms with van der Waals surface area (Å²) in [6.45, 7) is 4.03. The summed E-state index contributed by atoms with van der Waals surface area (Å²) in [6.07, 6.45) is 1.19. The van der Waals surface area contributed by atoms with E-state index in [0.29, 0.717) is 19.4 Å². The van der Waals surface area contributed by atoms with Gasteiger partial charge in [-0.3, -0.25) is 4.79 Å². The van der Waals surface area contributed by atoms with Crippen molar-refractivity contribution in [3.8, 4) is 0 Å². The Labute approximate surface area is 61.2 Å². The van der Waals surface area contributed by atoms with E-state index in [1.807, 2.05) is 6.92 Å². The molecule has 0 saturated heterocycles. The summed E-state index contributed by atoms with van der Waals surface area (Å²) in [5.74, 6) is -0.750. The zero-order valence-electron chi connectivity index (χ0n) is 6.55. The maximum atomic E-state index is 10.6. The molecule has 0 radical (unpaired) electrons. The van der Waals surface area contributed by atoms with Gasteiger partial charge in [0.15, 0.2) is 0 Å². The molecule has 0 fully saturated rings. The molecule has 0 aromatic carbocycles. The van der Waals surface area contributed by atoms with Crippen molar-refractivity contribution in [1.29, 1.82) is 0 Å². The monoisotopic (exact) mass is 145 g/mol. The second-order valence-corrected chi connectivity index (χ2v) is 2.76. The van der Waals surface area contributed by atoms with Gasteiger partial charge < -0.3 is 10.8 Å². The summed E-state index contributed by atoms with van der Waals surface area (Å²) in [5.41, 5.74) is 4.65. The lowest BCUT2D eigenvalue weighted by Crippen LogP contribution is -2.29. The van der Waals surface area contributed by atoms with Gasteiger partial charge in [0.05, 0.1) is 5.41 Å². The van der Waals surface area contributed by atoms with Gasteiger partial charge in [-0.1, -0.05) is 6.92 Å². The molecular weight excluding hydrogens is 130 g/mol. The summed E-state index contributed by atoms with van der Waals surface area (Å²) in [6, 6.07) is 0. The van der Waals surface area contributed by atoms with Gasteiger partial charge in [0.1, 0.15) is 0 Å². The fourth-order valence-corrected chi connectivity index (χ4v) is 0.754. The molecule has 0 amide bonds. The Morgan fingerprint density at radius 3 is 2.30 bits per heavy atom. The molecule has 3 N–H and O–H groups in total. The number of carboxylic acids is 1. The molecule has 0 aliphatic rings. The van der Waals surface area contributed by atoms with Gasteiger partial charge in [-0.15, -0.1) is 0 Å². The van der Waals surface area contributed by atoms with E-state index >= 15 is 0 Å². The number of aliphatic carboxylic acids is 1. The van der Waals surface area contributed by atoms with Crippen LogP contribution in [0.3, 0.4) is 0 Å². The van der Waals surface area contributed by atoms with Gasteiger partial charge in [-0.05, 0) is 26.3 Å². The van der Waals surface area contributed by atoms with Crippen LogP contribution in [-0.2, 0) is 4.79 Å². The van der Waals surface area contributed by atoms with Crippen molar-refractivity contribution in [3.05, 3.63) is 0 Å². The molecule has 1 unspecified atom stereocenters. The summed E-state index contributed by atoms with van der Waals surface area (Å²) in [7, 11) is 0. The van der Waals surface area contributed by atoms with Crippen molar-refractivity contribution in [2.75, 3.05) is 6.54 Å². The highest BCUT2D eigenvalue weighted by Gasteiger charge is 2.29. The first-order valence-corrected chi connectivity index (χ1v) is 3.50. The molecule has 0 heterocycles. The predicted molar refractivity (Wildman–Crippen MR) is 39.7 cm³/mol. The average molecular weight is 145 g/mol. The van der Waals surface area contributed by atoms with E-state index < -0.39 is 11.4 Å². The minimum absolute atomic E-state index is 0.441. The Balaban J connectivity index is 4.08. The highest BCUT2D eigenvalue weighted by atomic mass is 16.4. The van der Waals surface area contributed by atoms with E-state index in [9.17, 15) is 4.79 Å². The Bertz CT molecular complexity index is 125. The van der Waals surface area contributed by atoms with Crippen LogP contribution in [0.2, 0.25) is 0 Å². The van der Waals surface area contributed by atoms with Crippen LogP contribution in [0.25, 0.3) is 0 Å². The van der Waals surface area contributed by atoms with E-state index in [1.54, 1.807) is 6.92 Å². The molecule has 0 spiro atoms. The fraction of sp³-hybridized carbons (Fsp3) is 0.857. The van der Waals surface area contributed by atoms with Gasteiger partial charge in [0.2, 0.25) is 0 Å². The van der Waals surface area contributed by atoms with Crippen molar-refractivity contribution in [3.63, 3.8) is 0 Å². The van der Waals surface area contributed by atoms with Crippen LogP contribution in [0.15, 0.2) is 0 Å². The molecule has 0 saturated carbocycles. The van der Waals surface area contributed by atoms with E-state index in [4.69, 9.17) is 10.8 Å². The van der Waals surface area contributed by atoms with Crippen LogP contribution in [0.5, 0.6) is 0 Å². The second-order valence-electron chi connectivity index (χ2n) is 2.76. The largest absolute Gasteiger partial charge is 0.481 e. The second kappa shape index (κ2) is 3.56. The molecule has 60 valence electrons. The lowest BCUT2D eigenvalue weighted by atomic mass is 9.84. The number of carboxylic acid groups (broad SMARTS) is 1. The third-order valence-corrected chi connectivity index (χ3v) is 1.99. The smallest absolute Gasteiger partial charge is 0.309 e. The number of hydrogen-bond donors (Lipinski definition) is 2. The maximum Gasteiger partial charge on any atom is 0.309 e. The number of nitrogens with two attached hydrogens (primary N) is 1. The average Bonchev–Trinajstić information content (AvgIpc) is 1.88. The van der Waals surface area contributed by atoms with Crippen molar-refractivity contribution in [2.45, 2.75) is 26.7 Å². The summed E-state index contributed by atoms with van der Waals surface area (Å²) in [4.78, 5) is 10.6. The number of carbonyl (C=O) groups is 1. The molecule has 0 aliphatic heterocycles. The summed E-state index contributed by atoms with van der Waals surface area (Å²) >= 11 is 0. The van der Waals surface area contributed by atoms with Gasteiger partial charge in [-0.2, -0.15) is 0 Å². The molecule has 0 bridgehead atoms. The van der Waals surface area contributed by atoms with Gasteiger partial charge in [0, 0.05) is 0 Å². The van der Waals surface area contributed by atoms with E-state index in [1.165, 1.54) is 0 Å². The molecule has 3 heteroatoms. The standard InChI is InChI=1S/C7H15NO2/c1-3-7(2,4-5-8)6(9)10/h3-5,8H2,1-2H3,(H,9,10). The molecule has 0 aromatic heterocycles. The van der Waals surface area contributed by atoms with Crippen molar-refractivity contribution in [2.24, 2.45) is 11.1 Å². The maximum absolute atomic E-state index is 10.6. The lowest BCUT2D eigenvalue weighted by molar-refractivity contribution is -0.148. The molecule has 0 aromatic rings. The van der Waals surface area contributed by atoms with E-state index in [0.717, 1.165) is 0 Å². The van der Waals surface area contributed by atoms with Crippen molar-refractivity contribution >= 4 is 5.97 Å². The third kappa shape index (κ3) is 1.99. The first-order valence-electron chi connectivity index (χ1n) is 3.50. The summed E-state index contributed by atoms with van der Waals surface area (Å²) < 4.78 is 0. The van der Waals surface area contributed by atoms with Crippen molar-refractivity contribution in [1.82, 2.24) is 0 Å². The SMILES string of the molecule is CCC(C)(CCN)C(=O)O. The first kappa shape index (κ1) is 9.43. The zero-order valence-corrected chi connectivity index (χ0v) is 6.55. The molecule has 1 atom stereocenters. The molecule has 10 heavy (non-hydrogen) atoms. The van der Waals surface area contributed by atoms with Crippen LogP contribution in [0.1, 0.15) is 26.7 Å². The highest BCUT2D eigenvalue weighted by Crippen LogP contribution is 2.24. The Morgan fingerprint density at radius 1 is 1.70 bits per heavy atom. The quantitative estimate of drug-likeness (QED) is 0.616.